The summed E-state index contributed by atoms with van der Waals surface area (Å²) in [6.45, 7) is 5.80. The van der Waals surface area contributed by atoms with Crippen molar-refractivity contribution in [2.75, 3.05) is 11.9 Å². The predicted molar refractivity (Wildman–Crippen MR) is 89.8 cm³/mol. The van der Waals surface area contributed by atoms with Gasteiger partial charge in [-0.2, -0.15) is 0 Å². The summed E-state index contributed by atoms with van der Waals surface area (Å²) >= 11 is 0. The van der Waals surface area contributed by atoms with Crippen molar-refractivity contribution in [1.82, 2.24) is 4.90 Å². The van der Waals surface area contributed by atoms with E-state index in [4.69, 9.17) is 0 Å². The number of carbonyl (C=O) groups excluding carboxylic acids is 1. The first-order valence-corrected chi connectivity index (χ1v) is 7.82. The second-order valence-electron chi connectivity index (χ2n) is 6.02. The molecule has 2 aromatic carbocycles. The molecule has 0 aliphatic carbocycles. The van der Waals surface area contributed by atoms with Gasteiger partial charge in [-0.1, -0.05) is 42.0 Å². The fourth-order valence-corrected chi connectivity index (χ4v) is 2.90. The van der Waals surface area contributed by atoms with E-state index in [0.717, 1.165) is 25.2 Å². The lowest BCUT2D eigenvalue weighted by atomic mass is 9.99. The average Bonchev–Trinajstić information content (AvgIpc) is 2.55. The van der Waals surface area contributed by atoms with E-state index in [1.165, 1.54) is 16.7 Å². The second kappa shape index (κ2) is 6.32. The van der Waals surface area contributed by atoms with Crippen LogP contribution in [-0.2, 0) is 17.8 Å². The predicted octanol–water partition coefficient (Wildman–Crippen LogP) is 3.38. The SMILES string of the molecule is Cc1ccc(NC(=O)[C@H](C)N2CCc3ccccc3C2)cc1. The first-order valence-electron chi connectivity index (χ1n) is 7.82. The number of benzene rings is 2. The van der Waals surface area contributed by atoms with Crippen LogP contribution in [0.25, 0.3) is 0 Å². The van der Waals surface area contributed by atoms with Crippen LogP contribution >= 0.6 is 0 Å². The molecule has 1 N–H and O–H groups in total. The average molecular weight is 294 g/mol. The molecule has 1 aliphatic heterocycles. The number of aryl methyl sites for hydroxylation is 1. The number of hydrogen-bond acceptors (Lipinski definition) is 2. The van der Waals surface area contributed by atoms with Gasteiger partial charge in [0.1, 0.15) is 0 Å². The lowest BCUT2D eigenvalue weighted by Crippen LogP contribution is -2.44. The summed E-state index contributed by atoms with van der Waals surface area (Å²) in [4.78, 5) is 14.7. The van der Waals surface area contributed by atoms with Gasteiger partial charge in [0, 0.05) is 18.8 Å². The van der Waals surface area contributed by atoms with Gasteiger partial charge in [-0.15, -0.1) is 0 Å². The second-order valence-corrected chi connectivity index (χ2v) is 6.02. The molecular formula is C19H22N2O. The van der Waals surface area contributed by atoms with Gasteiger partial charge in [0.2, 0.25) is 5.91 Å². The lowest BCUT2D eigenvalue weighted by Gasteiger charge is -2.32. The van der Waals surface area contributed by atoms with Crippen molar-refractivity contribution in [3.05, 3.63) is 65.2 Å². The van der Waals surface area contributed by atoms with Gasteiger partial charge in [0.15, 0.2) is 0 Å². The van der Waals surface area contributed by atoms with Gasteiger partial charge in [0.05, 0.1) is 6.04 Å². The normalized spacial score (nSPS) is 15.9. The van der Waals surface area contributed by atoms with Crippen LogP contribution in [-0.4, -0.2) is 23.4 Å². The largest absolute Gasteiger partial charge is 0.325 e. The van der Waals surface area contributed by atoms with E-state index in [1.54, 1.807) is 0 Å². The molecule has 3 heteroatoms. The van der Waals surface area contributed by atoms with Crippen molar-refractivity contribution in [2.45, 2.75) is 32.9 Å². The fraction of sp³-hybridized carbons (Fsp3) is 0.316. The van der Waals surface area contributed by atoms with E-state index < -0.39 is 0 Å². The van der Waals surface area contributed by atoms with Crippen LogP contribution < -0.4 is 5.32 Å². The molecule has 3 rings (SSSR count). The Bertz CT molecular complexity index is 663. The Hall–Kier alpha value is -2.13. The van der Waals surface area contributed by atoms with Gasteiger partial charge >= 0.3 is 0 Å². The van der Waals surface area contributed by atoms with Gasteiger partial charge < -0.3 is 5.32 Å². The number of amides is 1. The zero-order valence-corrected chi connectivity index (χ0v) is 13.2. The summed E-state index contributed by atoms with van der Waals surface area (Å²) in [6, 6.07) is 16.3. The molecular weight excluding hydrogens is 272 g/mol. The summed E-state index contributed by atoms with van der Waals surface area (Å²) in [5.41, 5.74) is 4.80. The molecule has 114 valence electrons. The van der Waals surface area contributed by atoms with Crippen LogP contribution in [0.3, 0.4) is 0 Å². The Kier molecular flexibility index (Phi) is 4.25. The quantitative estimate of drug-likeness (QED) is 0.941. The highest BCUT2D eigenvalue weighted by Crippen LogP contribution is 2.21. The third-order valence-electron chi connectivity index (χ3n) is 4.41. The molecule has 3 nitrogen and oxygen atoms in total. The smallest absolute Gasteiger partial charge is 0.241 e. The highest BCUT2D eigenvalue weighted by Gasteiger charge is 2.25. The fourth-order valence-electron chi connectivity index (χ4n) is 2.90. The first-order chi connectivity index (χ1) is 10.6. The van der Waals surface area contributed by atoms with Gasteiger partial charge in [-0.3, -0.25) is 9.69 Å². The number of anilines is 1. The topological polar surface area (TPSA) is 32.3 Å². The van der Waals surface area contributed by atoms with E-state index in [2.05, 4.69) is 34.5 Å². The van der Waals surface area contributed by atoms with Crippen LogP contribution in [0, 0.1) is 6.92 Å². The Morgan fingerprint density at radius 1 is 1.09 bits per heavy atom. The highest BCUT2D eigenvalue weighted by molar-refractivity contribution is 5.94. The van der Waals surface area contributed by atoms with E-state index in [0.29, 0.717) is 0 Å². The number of hydrogen-bond donors (Lipinski definition) is 1. The minimum absolute atomic E-state index is 0.0586. The van der Waals surface area contributed by atoms with Gasteiger partial charge in [-0.25, -0.2) is 0 Å². The van der Waals surface area contributed by atoms with Crippen molar-refractivity contribution in [2.24, 2.45) is 0 Å². The minimum Gasteiger partial charge on any atom is -0.325 e. The first kappa shape index (κ1) is 14.8. The third kappa shape index (κ3) is 3.20. The molecule has 1 amide bonds. The zero-order valence-electron chi connectivity index (χ0n) is 13.2. The molecule has 2 aromatic rings. The third-order valence-corrected chi connectivity index (χ3v) is 4.41. The van der Waals surface area contributed by atoms with E-state index in [-0.39, 0.29) is 11.9 Å². The standard InChI is InChI=1S/C19H22N2O/c1-14-7-9-18(10-8-14)20-19(22)15(2)21-12-11-16-5-3-4-6-17(16)13-21/h3-10,15H,11-13H2,1-2H3,(H,20,22)/t15-/m0/s1. The number of fused-ring (bicyclic) bond motifs is 1. The van der Waals surface area contributed by atoms with Crippen LogP contribution in [0.4, 0.5) is 5.69 Å². The highest BCUT2D eigenvalue weighted by atomic mass is 16.2. The Labute approximate surface area is 132 Å². The van der Waals surface area contributed by atoms with Crippen molar-refractivity contribution in [1.29, 1.82) is 0 Å². The summed E-state index contributed by atoms with van der Waals surface area (Å²) in [6.07, 6.45) is 1.01. The molecule has 0 radical (unpaired) electrons. The lowest BCUT2D eigenvalue weighted by molar-refractivity contribution is -0.121. The molecule has 1 heterocycles. The summed E-state index contributed by atoms with van der Waals surface area (Å²) in [5, 5.41) is 3.01. The Morgan fingerprint density at radius 3 is 2.50 bits per heavy atom. The van der Waals surface area contributed by atoms with Crippen LogP contribution in [0.1, 0.15) is 23.6 Å². The summed E-state index contributed by atoms with van der Waals surface area (Å²) < 4.78 is 0. The number of nitrogens with zero attached hydrogens (tertiary/aromatic N) is 1. The molecule has 1 aliphatic rings. The van der Waals surface area contributed by atoms with Crippen LogP contribution in [0.15, 0.2) is 48.5 Å². The molecule has 0 aromatic heterocycles. The van der Waals surface area contributed by atoms with Crippen LogP contribution in [0.2, 0.25) is 0 Å². The monoisotopic (exact) mass is 294 g/mol. The molecule has 0 saturated heterocycles. The molecule has 0 fully saturated rings. The van der Waals surface area contributed by atoms with E-state index >= 15 is 0 Å². The maximum atomic E-state index is 12.5. The number of carbonyl (C=O) groups is 1. The molecule has 1 atom stereocenters. The van der Waals surface area contributed by atoms with Crippen molar-refractivity contribution in [3.8, 4) is 0 Å². The van der Waals surface area contributed by atoms with Gasteiger partial charge in [-0.05, 0) is 43.5 Å². The molecule has 0 unspecified atom stereocenters. The van der Waals surface area contributed by atoms with E-state index in [9.17, 15) is 4.79 Å². The van der Waals surface area contributed by atoms with E-state index in [1.807, 2.05) is 38.1 Å². The van der Waals surface area contributed by atoms with Crippen LogP contribution in [0.5, 0.6) is 0 Å². The molecule has 22 heavy (non-hydrogen) atoms. The van der Waals surface area contributed by atoms with Crippen molar-refractivity contribution in [3.63, 3.8) is 0 Å². The zero-order chi connectivity index (χ0) is 15.5. The van der Waals surface area contributed by atoms with Crippen molar-refractivity contribution >= 4 is 11.6 Å². The number of nitrogens with one attached hydrogen (secondary N) is 1. The molecule has 0 bridgehead atoms. The Morgan fingerprint density at radius 2 is 1.77 bits per heavy atom. The summed E-state index contributed by atoms with van der Waals surface area (Å²) in [7, 11) is 0. The minimum atomic E-state index is -0.130. The van der Waals surface area contributed by atoms with Crippen molar-refractivity contribution < 1.29 is 4.79 Å². The maximum absolute atomic E-state index is 12.5. The molecule has 0 spiro atoms. The summed E-state index contributed by atoms with van der Waals surface area (Å²) in [5.74, 6) is 0.0586. The van der Waals surface area contributed by atoms with Gasteiger partial charge in [0.25, 0.3) is 0 Å². The molecule has 0 saturated carbocycles. The number of rotatable bonds is 3. The Balaban J connectivity index is 1.65. The maximum Gasteiger partial charge on any atom is 0.241 e.